The predicted octanol–water partition coefficient (Wildman–Crippen LogP) is 5.56. The molecule has 0 radical (unpaired) electrons. The summed E-state index contributed by atoms with van der Waals surface area (Å²) in [5.41, 5.74) is 4.33. The molecule has 1 saturated heterocycles. The molecule has 3 aliphatic carbocycles. The first-order chi connectivity index (χ1) is 14.5. The van der Waals surface area contributed by atoms with Crippen LogP contribution < -0.4 is 4.90 Å². The van der Waals surface area contributed by atoms with Crippen molar-refractivity contribution >= 4 is 40.7 Å². The number of halogens is 2. The third-order valence-corrected chi connectivity index (χ3v) is 8.02. The van der Waals surface area contributed by atoms with Crippen LogP contribution in [0.15, 0.2) is 66.7 Å². The molecule has 2 atom stereocenters. The Kier molecular flexibility index (Phi) is 3.61. The maximum atomic E-state index is 13.8. The van der Waals surface area contributed by atoms with E-state index in [0.29, 0.717) is 10.7 Å². The van der Waals surface area contributed by atoms with Gasteiger partial charge in [-0.05, 0) is 34.4 Å². The normalized spacial score (nSPS) is 28.4. The summed E-state index contributed by atoms with van der Waals surface area (Å²) >= 11 is 12.6. The number of rotatable bonds is 1. The van der Waals surface area contributed by atoms with Crippen molar-refractivity contribution in [1.82, 2.24) is 0 Å². The average molecular weight is 434 g/mol. The molecule has 1 aliphatic heterocycles. The summed E-state index contributed by atoms with van der Waals surface area (Å²) in [6, 6.07) is 21.5. The third kappa shape index (κ3) is 1.98. The number of imide groups is 1. The lowest BCUT2D eigenvalue weighted by Gasteiger charge is -2.52. The Bertz CT molecular complexity index is 1220. The summed E-state index contributed by atoms with van der Waals surface area (Å²) in [6.07, 6.45) is 0. The van der Waals surface area contributed by atoms with Crippen molar-refractivity contribution in [2.24, 2.45) is 11.8 Å². The minimum Gasteiger partial charge on any atom is -0.274 e. The molecule has 4 aliphatic rings. The molecule has 1 heterocycles. The number of carbonyl (C=O) groups is 2. The average Bonchev–Trinajstić information content (AvgIpc) is 3.02. The van der Waals surface area contributed by atoms with Crippen molar-refractivity contribution in [3.8, 4) is 0 Å². The number of hydrogen-bond acceptors (Lipinski definition) is 2. The number of hydrogen-bond donors (Lipinski definition) is 0. The highest BCUT2D eigenvalue weighted by Gasteiger charge is 2.66. The van der Waals surface area contributed by atoms with E-state index in [4.69, 9.17) is 23.2 Å². The molecule has 2 bridgehead atoms. The molecule has 0 N–H and O–H groups in total. The van der Waals surface area contributed by atoms with Crippen molar-refractivity contribution < 1.29 is 9.59 Å². The van der Waals surface area contributed by atoms with E-state index in [2.05, 4.69) is 31.2 Å². The third-order valence-electron chi connectivity index (χ3n) is 7.22. The molecule has 30 heavy (non-hydrogen) atoms. The van der Waals surface area contributed by atoms with Gasteiger partial charge in [-0.15, -0.1) is 0 Å². The Morgan fingerprint density at radius 3 is 2.03 bits per heavy atom. The first-order valence-corrected chi connectivity index (χ1v) is 10.7. The summed E-state index contributed by atoms with van der Waals surface area (Å²) in [6.45, 7) is 2.10. The molecular weight excluding hydrogens is 417 g/mol. The van der Waals surface area contributed by atoms with Gasteiger partial charge in [0.05, 0.1) is 27.6 Å². The van der Waals surface area contributed by atoms with E-state index in [9.17, 15) is 9.59 Å². The molecule has 0 unspecified atom stereocenters. The van der Waals surface area contributed by atoms with Gasteiger partial charge < -0.3 is 0 Å². The second-order valence-electron chi connectivity index (χ2n) is 8.44. The van der Waals surface area contributed by atoms with Gasteiger partial charge in [0.1, 0.15) is 0 Å². The lowest BCUT2D eigenvalue weighted by molar-refractivity contribution is -0.123. The maximum absolute atomic E-state index is 13.8. The lowest BCUT2D eigenvalue weighted by atomic mass is 9.48. The summed E-state index contributed by atoms with van der Waals surface area (Å²) in [5.74, 6) is -1.49. The van der Waals surface area contributed by atoms with E-state index in [1.54, 1.807) is 18.2 Å². The van der Waals surface area contributed by atoms with Crippen molar-refractivity contribution in [2.45, 2.75) is 18.3 Å². The van der Waals surface area contributed by atoms with Crippen molar-refractivity contribution in [2.75, 3.05) is 4.90 Å². The number of anilines is 1. The fourth-order valence-corrected chi connectivity index (χ4v) is 6.43. The van der Waals surface area contributed by atoms with Gasteiger partial charge in [-0.2, -0.15) is 0 Å². The van der Waals surface area contributed by atoms with E-state index in [1.165, 1.54) is 4.90 Å². The summed E-state index contributed by atoms with van der Waals surface area (Å²) < 4.78 is 0. The molecule has 3 aromatic carbocycles. The molecule has 0 saturated carbocycles. The highest BCUT2D eigenvalue weighted by atomic mass is 35.5. The molecule has 7 rings (SSSR count). The topological polar surface area (TPSA) is 37.4 Å². The molecular formula is C25H17Cl2NO2. The number of nitrogens with zero attached hydrogens (tertiary/aromatic N) is 1. The standard InChI is InChI=1S/C25H17Cl2NO2/c1-25-15-9-4-2-7-13(15)19(14-8-3-5-10-16(14)25)20-21(25)24(30)28(23(20)29)18-12-6-11-17(26)22(18)27/h2-12,19-21H,1H3/t19?,20-,21-,25?/m1/s1. The maximum Gasteiger partial charge on any atom is 0.239 e. The smallest absolute Gasteiger partial charge is 0.239 e. The Hall–Kier alpha value is -2.62. The first kappa shape index (κ1) is 18.2. The molecule has 2 amide bonds. The van der Waals surface area contributed by atoms with Crippen LogP contribution in [-0.4, -0.2) is 11.8 Å². The van der Waals surface area contributed by atoms with E-state index in [1.807, 2.05) is 24.3 Å². The van der Waals surface area contributed by atoms with E-state index in [-0.39, 0.29) is 22.8 Å². The number of benzene rings is 3. The van der Waals surface area contributed by atoms with Gasteiger partial charge in [-0.25, -0.2) is 4.90 Å². The largest absolute Gasteiger partial charge is 0.274 e. The number of carbonyl (C=O) groups excluding carboxylic acids is 2. The highest BCUT2D eigenvalue weighted by Crippen LogP contribution is 2.64. The van der Waals surface area contributed by atoms with Gasteiger partial charge >= 0.3 is 0 Å². The van der Waals surface area contributed by atoms with Gasteiger partial charge in [0.2, 0.25) is 11.8 Å². The molecule has 3 nitrogen and oxygen atoms in total. The fraction of sp³-hybridized carbons (Fsp3) is 0.200. The summed E-state index contributed by atoms with van der Waals surface area (Å²) in [5, 5.41) is 0.553. The zero-order valence-electron chi connectivity index (χ0n) is 16.1. The summed E-state index contributed by atoms with van der Waals surface area (Å²) in [4.78, 5) is 28.9. The van der Waals surface area contributed by atoms with Crippen molar-refractivity contribution in [3.63, 3.8) is 0 Å². The van der Waals surface area contributed by atoms with Crippen LogP contribution in [0, 0.1) is 11.8 Å². The van der Waals surface area contributed by atoms with Crippen molar-refractivity contribution in [3.05, 3.63) is 99.0 Å². The van der Waals surface area contributed by atoms with Crippen LogP contribution in [0.3, 0.4) is 0 Å². The van der Waals surface area contributed by atoms with Gasteiger partial charge in [-0.3, -0.25) is 9.59 Å². The quantitative estimate of drug-likeness (QED) is 0.470. The Morgan fingerprint density at radius 1 is 0.800 bits per heavy atom. The fourth-order valence-electron chi connectivity index (χ4n) is 6.05. The highest BCUT2D eigenvalue weighted by molar-refractivity contribution is 6.45. The SMILES string of the molecule is CC12c3ccccc3C(c3ccccc31)[C@H]1C(=O)N(c3cccc(Cl)c3Cl)C(=O)[C@@H]12. The molecule has 0 spiro atoms. The minimum absolute atomic E-state index is 0.149. The Morgan fingerprint density at radius 2 is 1.40 bits per heavy atom. The van der Waals surface area contributed by atoms with Crippen LogP contribution in [0.2, 0.25) is 10.0 Å². The molecule has 0 aromatic heterocycles. The predicted molar refractivity (Wildman–Crippen MR) is 117 cm³/mol. The zero-order chi connectivity index (χ0) is 20.8. The van der Waals surface area contributed by atoms with Crippen LogP contribution in [0.5, 0.6) is 0 Å². The van der Waals surface area contributed by atoms with Crippen LogP contribution >= 0.6 is 23.2 Å². The molecule has 148 valence electrons. The van der Waals surface area contributed by atoms with E-state index >= 15 is 0 Å². The van der Waals surface area contributed by atoms with Gasteiger partial charge in [-0.1, -0.05) is 84.7 Å². The van der Waals surface area contributed by atoms with Crippen LogP contribution in [0.25, 0.3) is 0 Å². The monoisotopic (exact) mass is 433 g/mol. The van der Waals surface area contributed by atoms with Crippen LogP contribution in [0.4, 0.5) is 5.69 Å². The van der Waals surface area contributed by atoms with E-state index in [0.717, 1.165) is 22.3 Å². The number of amides is 2. The minimum atomic E-state index is -0.584. The first-order valence-electron chi connectivity index (χ1n) is 9.97. The van der Waals surface area contributed by atoms with Gasteiger partial charge in [0.25, 0.3) is 0 Å². The summed E-state index contributed by atoms with van der Waals surface area (Å²) in [7, 11) is 0. The van der Waals surface area contributed by atoms with E-state index < -0.39 is 17.3 Å². The van der Waals surface area contributed by atoms with Gasteiger partial charge in [0.15, 0.2) is 0 Å². The van der Waals surface area contributed by atoms with Crippen molar-refractivity contribution in [1.29, 1.82) is 0 Å². The van der Waals surface area contributed by atoms with Crippen LogP contribution in [0.1, 0.15) is 35.1 Å². The second kappa shape index (κ2) is 5.96. The molecule has 1 fully saturated rings. The van der Waals surface area contributed by atoms with Crippen LogP contribution in [-0.2, 0) is 15.0 Å². The zero-order valence-corrected chi connectivity index (χ0v) is 17.6. The molecule has 3 aromatic rings. The Labute approximate surface area is 184 Å². The second-order valence-corrected chi connectivity index (χ2v) is 9.23. The Balaban J connectivity index is 1.63. The van der Waals surface area contributed by atoms with Gasteiger partial charge in [0, 0.05) is 11.3 Å². The molecule has 5 heteroatoms. The lowest BCUT2D eigenvalue weighted by Crippen LogP contribution is -2.51.